The van der Waals surface area contributed by atoms with Gasteiger partial charge in [-0.25, -0.2) is 0 Å². The number of hydrogen-bond donors (Lipinski definition) is 0. The lowest BCUT2D eigenvalue weighted by Gasteiger charge is -1.95. The summed E-state index contributed by atoms with van der Waals surface area (Å²) >= 11 is 0. The standard InChI is InChI=1S/C9H13N/c1-7-4-8(2)6-10-9(3)5-7/h4-7H,1-3H3. The molecule has 0 amide bonds. The van der Waals surface area contributed by atoms with Crippen LogP contribution >= 0.6 is 0 Å². The molecule has 0 saturated heterocycles. The van der Waals surface area contributed by atoms with Crippen molar-refractivity contribution in [3.8, 4) is 0 Å². The Bertz CT molecular complexity index is 187. The van der Waals surface area contributed by atoms with E-state index in [-0.39, 0.29) is 0 Å². The Hall–Kier alpha value is -0.850. The van der Waals surface area contributed by atoms with Gasteiger partial charge in [-0.15, -0.1) is 0 Å². The first-order chi connectivity index (χ1) is 4.68. The lowest BCUT2D eigenvalue weighted by molar-refractivity contribution is 0.921. The molecular formula is C9H13N. The van der Waals surface area contributed by atoms with Crippen LogP contribution in [0.3, 0.4) is 0 Å². The molecule has 0 aromatic carbocycles. The fourth-order valence-corrected chi connectivity index (χ4v) is 1.13. The third-order valence-corrected chi connectivity index (χ3v) is 1.50. The monoisotopic (exact) mass is 135 g/mol. The highest BCUT2D eigenvalue weighted by Gasteiger charge is 1.97. The van der Waals surface area contributed by atoms with Crippen molar-refractivity contribution in [2.45, 2.75) is 20.8 Å². The van der Waals surface area contributed by atoms with Crippen molar-refractivity contribution in [1.29, 1.82) is 0 Å². The number of nitrogens with zero attached hydrogens (tertiary/aromatic N) is 1. The predicted molar refractivity (Wildman–Crippen MR) is 45.2 cm³/mol. The molecule has 1 nitrogen and oxygen atoms in total. The fraction of sp³-hybridized carbons (Fsp3) is 0.444. The fourth-order valence-electron chi connectivity index (χ4n) is 1.13. The summed E-state index contributed by atoms with van der Waals surface area (Å²) in [6.07, 6.45) is 6.28. The molecule has 0 fully saturated rings. The van der Waals surface area contributed by atoms with Crippen LogP contribution in [0.2, 0.25) is 0 Å². The number of hydrogen-bond acceptors (Lipinski definition) is 1. The Morgan fingerprint density at radius 3 is 2.70 bits per heavy atom. The van der Waals surface area contributed by atoms with Crippen molar-refractivity contribution >= 4 is 6.21 Å². The van der Waals surface area contributed by atoms with E-state index in [4.69, 9.17) is 0 Å². The van der Waals surface area contributed by atoms with Crippen LogP contribution < -0.4 is 0 Å². The molecule has 0 spiro atoms. The van der Waals surface area contributed by atoms with Gasteiger partial charge in [-0.3, -0.25) is 4.99 Å². The first-order valence-electron chi connectivity index (χ1n) is 3.59. The van der Waals surface area contributed by atoms with E-state index in [1.807, 2.05) is 13.1 Å². The Labute approximate surface area is 62.2 Å². The smallest absolute Gasteiger partial charge is 0.0338 e. The van der Waals surface area contributed by atoms with Crippen molar-refractivity contribution in [3.63, 3.8) is 0 Å². The topological polar surface area (TPSA) is 12.4 Å². The molecule has 54 valence electrons. The van der Waals surface area contributed by atoms with Gasteiger partial charge in [0.05, 0.1) is 0 Å². The van der Waals surface area contributed by atoms with E-state index in [2.05, 4.69) is 31.0 Å². The molecular weight excluding hydrogens is 122 g/mol. The maximum absolute atomic E-state index is 4.22. The van der Waals surface area contributed by atoms with Gasteiger partial charge in [0.25, 0.3) is 0 Å². The van der Waals surface area contributed by atoms with Crippen molar-refractivity contribution in [1.82, 2.24) is 0 Å². The van der Waals surface area contributed by atoms with Gasteiger partial charge in [0.1, 0.15) is 0 Å². The van der Waals surface area contributed by atoms with E-state index in [9.17, 15) is 0 Å². The minimum atomic E-state index is 0.530. The van der Waals surface area contributed by atoms with Crippen molar-refractivity contribution in [2.24, 2.45) is 10.9 Å². The summed E-state index contributed by atoms with van der Waals surface area (Å²) in [7, 11) is 0. The molecule has 1 aliphatic heterocycles. The minimum Gasteiger partial charge on any atom is -0.262 e. The Kier molecular flexibility index (Phi) is 2.05. The first-order valence-corrected chi connectivity index (χ1v) is 3.59. The number of rotatable bonds is 0. The lowest BCUT2D eigenvalue weighted by Crippen LogP contribution is -1.83. The molecule has 0 aromatic rings. The minimum absolute atomic E-state index is 0.530. The highest BCUT2D eigenvalue weighted by molar-refractivity contribution is 5.79. The zero-order chi connectivity index (χ0) is 7.56. The molecule has 10 heavy (non-hydrogen) atoms. The SMILES string of the molecule is CC1=CC(C)C=C(C)N=C1. The second-order valence-electron chi connectivity index (χ2n) is 2.84. The van der Waals surface area contributed by atoms with Gasteiger partial charge in [-0.2, -0.15) is 0 Å². The summed E-state index contributed by atoms with van der Waals surface area (Å²) in [5.74, 6) is 0.530. The summed E-state index contributed by atoms with van der Waals surface area (Å²) in [4.78, 5) is 4.22. The van der Waals surface area contributed by atoms with E-state index < -0.39 is 0 Å². The van der Waals surface area contributed by atoms with Gasteiger partial charge in [0.2, 0.25) is 0 Å². The van der Waals surface area contributed by atoms with Gasteiger partial charge in [-0.05, 0) is 25.3 Å². The van der Waals surface area contributed by atoms with E-state index in [0.29, 0.717) is 5.92 Å². The Morgan fingerprint density at radius 1 is 1.30 bits per heavy atom. The highest BCUT2D eigenvalue weighted by Crippen LogP contribution is 2.11. The zero-order valence-corrected chi connectivity index (χ0v) is 6.76. The first kappa shape index (κ1) is 7.26. The van der Waals surface area contributed by atoms with Crippen molar-refractivity contribution in [2.75, 3.05) is 0 Å². The van der Waals surface area contributed by atoms with Crippen LogP contribution in [-0.2, 0) is 0 Å². The summed E-state index contributed by atoms with van der Waals surface area (Å²) < 4.78 is 0. The maximum Gasteiger partial charge on any atom is 0.0338 e. The van der Waals surface area contributed by atoms with Crippen LogP contribution in [0.25, 0.3) is 0 Å². The molecule has 0 saturated carbocycles. The van der Waals surface area contributed by atoms with Gasteiger partial charge in [0, 0.05) is 11.9 Å². The van der Waals surface area contributed by atoms with Gasteiger partial charge in [-0.1, -0.05) is 19.1 Å². The van der Waals surface area contributed by atoms with Crippen LogP contribution in [0.5, 0.6) is 0 Å². The van der Waals surface area contributed by atoms with Crippen LogP contribution in [0.4, 0.5) is 0 Å². The highest BCUT2D eigenvalue weighted by atomic mass is 14.7. The zero-order valence-electron chi connectivity index (χ0n) is 6.76. The second-order valence-corrected chi connectivity index (χ2v) is 2.84. The Morgan fingerprint density at radius 2 is 2.00 bits per heavy atom. The number of aliphatic imine (C=N–C) groups is 1. The molecule has 1 heteroatoms. The van der Waals surface area contributed by atoms with Gasteiger partial charge in [0.15, 0.2) is 0 Å². The molecule has 1 heterocycles. The molecule has 0 radical (unpaired) electrons. The summed E-state index contributed by atoms with van der Waals surface area (Å²) in [5.41, 5.74) is 2.36. The van der Waals surface area contributed by atoms with Crippen LogP contribution in [0.1, 0.15) is 20.8 Å². The summed E-state index contributed by atoms with van der Waals surface area (Å²) in [6, 6.07) is 0. The third kappa shape index (κ3) is 1.83. The average Bonchev–Trinajstić information content (AvgIpc) is 1.93. The van der Waals surface area contributed by atoms with Crippen LogP contribution in [0.15, 0.2) is 28.4 Å². The van der Waals surface area contributed by atoms with Crippen molar-refractivity contribution in [3.05, 3.63) is 23.4 Å². The van der Waals surface area contributed by atoms with E-state index in [1.54, 1.807) is 0 Å². The molecule has 0 aliphatic carbocycles. The Balaban J connectivity index is 2.87. The van der Waals surface area contributed by atoms with Crippen molar-refractivity contribution < 1.29 is 0 Å². The maximum atomic E-state index is 4.22. The van der Waals surface area contributed by atoms with Gasteiger partial charge >= 0.3 is 0 Å². The lowest BCUT2D eigenvalue weighted by atomic mass is 10.1. The second kappa shape index (κ2) is 2.82. The molecule has 1 atom stereocenters. The molecule has 1 unspecified atom stereocenters. The summed E-state index contributed by atoms with van der Waals surface area (Å²) in [6.45, 7) is 6.27. The molecule has 1 aliphatic rings. The van der Waals surface area contributed by atoms with Gasteiger partial charge < -0.3 is 0 Å². The quantitative estimate of drug-likeness (QED) is 0.484. The largest absolute Gasteiger partial charge is 0.262 e. The van der Waals surface area contributed by atoms with E-state index >= 15 is 0 Å². The third-order valence-electron chi connectivity index (χ3n) is 1.50. The average molecular weight is 135 g/mol. The van der Waals surface area contributed by atoms with Crippen LogP contribution in [0, 0.1) is 5.92 Å². The predicted octanol–water partition coefficient (Wildman–Crippen LogP) is 2.56. The van der Waals surface area contributed by atoms with E-state index in [0.717, 1.165) is 5.70 Å². The van der Waals surface area contributed by atoms with E-state index in [1.165, 1.54) is 5.57 Å². The normalized spacial score (nSPS) is 25.3. The summed E-state index contributed by atoms with van der Waals surface area (Å²) in [5, 5.41) is 0. The molecule has 0 bridgehead atoms. The number of allylic oxidation sites excluding steroid dienone is 4. The van der Waals surface area contributed by atoms with Crippen LogP contribution in [-0.4, -0.2) is 6.21 Å². The molecule has 0 N–H and O–H groups in total. The molecule has 0 aromatic heterocycles. The molecule has 1 rings (SSSR count).